The van der Waals surface area contributed by atoms with Crippen LogP contribution in [0.3, 0.4) is 0 Å². The summed E-state index contributed by atoms with van der Waals surface area (Å²) >= 11 is 11.7. The minimum atomic E-state index is -5.04. The monoisotopic (exact) mass is 534 g/mol. The summed E-state index contributed by atoms with van der Waals surface area (Å²) in [5.41, 5.74) is 0. The Kier molecular flexibility index (Phi) is 7.56. The minimum Gasteiger partial charge on any atom is -0.482 e. The lowest BCUT2D eigenvalue weighted by Gasteiger charge is -2.39. The van der Waals surface area contributed by atoms with E-state index in [0.29, 0.717) is 5.02 Å². The molecule has 3 rings (SSSR count). The second-order valence-corrected chi connectivity index (χ2v) is 9.14. The van der Waals surface area contributed by atoms with Gasteiger partial charge < -0.3 is 14.4 Å². The molecule has 0 bridgehead atoms. The lowest BCUT2D eigenvalue weighted by Crippen LogP contribution is -2.61. The molecule has 0 atom stereocenters. The fourth-order valence-corrected chi connectivity index (χ4v) is 4.76. The molecule has 0 aliphatic carbocycles. The van der Waals surface area contributed by atoms with E-state index in [1.807, 2.05) is 4.72 Å². The third kappa shape index (κ3) is 5.26. The van der Waals surface area contributed by atoms with Gasteiger partial charge in [0, 0.05) is 18.1 Å². The topological polar surface area (TPSA) is 84.9 Å². The van der Waals surface area contributed by atoms with Gasteiger partial charge in [0.2, 0.25) is 28.5 Å². The molecule has 180 valence electrons. The second kappa shape index (κ2) is 9.87. The van der Waals surface area contributed by atoms with E-state index in [9.17, 15) is 35.2 Å². The molecule has 0 spiro atoms. The smallest absolute Gasteiger partial charge is 0.260 e. The summed E-state index contributed by atoms with van der Waals surface area (Å²) in [6.45, 7) is -2.70. The van der Waals surface area contributed by atoms with Crippen LogP contribution in [0.15, 0.2) is 23.1 Å². The molecule has 2 aromatic rings. The van der Waals surface area contributed by atoms with E-state index in [0.717, 1.165) is 4.90 Å². The maximum Gasteiger partial charge on any atom is 0.260 e. The summed E-state index contributed by atoms with van der Waals surface area (Å²) in [7, 11) is -5.04. The normalized spacial score (nSPS) is 14.2. The molecule has 33 heavy (non-hydrogen) atoms. The number of carbonyl (C=O) groups excluding carboxylic acids is 1. The van der Waals surface area contributed by atoms with Crippen molar-refractivity contribution >= 4 is 39.1 Å². The number of nitrogens with zero attached hydrogens (tertiary/aromatic N) is 1. The van der Waals surface area contributed by atoms with E-state index in [2.05, 4.69) is 4.74 Å². The lowest BCUT2D eigenvalue weighted by atomic mass is 10.1. The Bertz CT molecular complexity index is 1200. The van der Waals surface area contributed by atoms with Crippen LogP contribution >= 0.6 is 23.2 Å². The Labute approximate surface area is 194 Å². The van der Waals surface area contributed by atoms with Crippen LogP contribution in [0.5, 0.6) is 11.5 Å². The van der Waals surface area contributed by atoms with Crippen molar-refractivity contribution < 1.29 is 44.6 Å². The Morgan fingerprint density at radius 2 is 1.70 bits per heavy atom. The largest absolute Gasteiger partial charge is 0.482 e. The molecular weight excluding hydrogens is 522 g/mol. The Balaban J connectivity index is 1.66. The highest BCUT2D eigenvalue weighted by molar-refractivity contribution is 7.89. The van der Waals surface area contributed by atoms with Crippen LogP contribution in [0, 0.1) is 23.3 Å². The van der Waals surface area contributed by atoms with Gasteiger partial charge in [0.1, 0.15) is 5.75 Å². The number of amides is 1. The zero-order valence-electron chi connectivity index (χ0n) is 16.2. The van der Waals surface area contributed by atoms with Crippen molar-refractivity contribution in [1.82, 2.24) is 9.62 Å². The van der Waals surface area contributed by atoms with E-state index in [1.54, 1.807) is 0 Å². The van der Waals surface area contributed by atoms with Gasteiger partial charge in [0.25, 0.3) is 5.91 Å². The van der Waals surface area contributed by atoms with E-state index in [-0.39, 0.29) is 23.9 Å². The first kappa shape index (κ1) is 25.3. The number of rotatable bonds is 8. The Hall–Kier alpha value is -2.35. The van der Waals surface area contributed by atoms with Crippen LogP contribution in [-0.4, -0.2) is 51.8 Å². The van der Waals surface area contributed by atoms with E-state index in [4.69, 9.17) is 27.9 Å². The summed E-state index contributed by atoms with van der Waals surface area (Å²) in [6, 6.07) is 3.34. The maximum absolute atomic E-state index is 14.1. The first-order valence-corrected chi connectivity index (χ1v) is 11.1. The van der Waals surface area contributed by atoms with Gasteiger partial charge >= 0.3 is 0 Å². The fourth-order valence-electron chi connectivity index (χ4n) is 2.87. The number of likely N-dealkylation sites (tertiary alicyclic amines) is 1. The average molecular weight is 535 g/mol. The Morgan fingerprint density at radius 3 is 2.30 bits per heavy atom. The van der Waals surface area contributed by atoms with Crippen molar-refractivity contribution in [3.8, 4) is 11.5 Å². The number of nitrogens with one attached hydrogen (secondary N) is 1. The molecule has 0 saturated carbocycles. The second-order valence-electron chi connectivity index (χ2n) is 6.65. The predicted molar refractivity (Wildman–Crippen MR) is 106 cm³/mol. The first-order chi connectivity index (χ1) is 15.5. The van der Waals surface area contributed by atoms with Crippen LogP contribution in [0.4, 0.5) is 22.0 Å². The number of alkyl halides is 1. The van der Waals surface area contributed by atoms with Crippen molar-refractivity contribution in [1.29, 1.82) is 0 Å². The SMILES string of the molecule is O=C(COc1ccc(Cl)cc1Cl)N1CC(NS(=O)(=O)c2c(F)c(F)c(F)c(F)c2OCF)C1. The highest BCUT2D eigenvalue weighted by Gasteiger charge is 2.39. The summed E-state index contributed by atoms with van der Waals surface area (Å²) in [5.74, 6) is -11.3. The van der Waals surface area contributed by atoms with Crippen molar-refractivity contribution in [3.63, 3.8) is 0 Å². The average Bonchev–Trinajstić information content (AvgIpc) is 2.72. The lowest BCUT2D eigenvalue weighted by molar-refractivity contribution is -0.137. The summed E-state index contributed by atoms with van der Waals surface area (Å²) in [4.78, 5) is 11.6. The van der Waals surface area contributed by atoms with Gasteiger partial charge in [-0.3, -0.25) is 4.79 Å². The van der Waals surface area contributed by atoms with Crippen LogP contribution in [0.25, 0.3) is 0 Å². The fraction of sp³-hybridized carbons (Fsp3) is 0.278. The number of carbonyl (C=O) groups is 1. The Morgan fingerprint density at radius 1 is 1.06 bits per heavy atom. The molecule has 1 N–H and O–H groups in total. The molecule has 1 aliphatic heterocycles. The highest BCUT2D eigenvalue weighted by atomic mass is 35.5. The molecule has 2 aromatic carbocycles. The quantitative estimate of drug-likeness (QED) is 0.318. The number of hydrogen-bond donors (Lipinski definition) is 1. The molecular formula is C18H13Cl2F5N2O5S. The van der Waals surface area contributed by atoms with Gasteiger partial charge in [-0.05, 0) is 18.2 Å². The summed E-state index contributed by atoms with van der Waals surface area (Å²) in [5, 5.41) is 0.519. The predicted octanol–water partition coefficient (Wildman–Crippen LogP) is 3.42. The molecule has 0 aromatic heterocycles. The molecule has 1 aliphatic rings. The standard InChI is InChI=1S/C18H13Cl2F5N2O5S/c19-8-1-2-11(10(20)3-8)31-6-12(28)27-4-9(5-27)26-33(29,30)18-16(25)14(23)13(22)15(24)17(18)32-7-21/h1-3,9,26H,4-7H2. The van der Waals surface area contributed by atoms with Gasteiger partial charge in [-0.25, -0.2) is 30.7 Å². The summed E-state index contributed by atoms with van der Waals surface area (Å²) in [6.07, 6.45) is 0. The number of halogens is 7. The van der Waals surface area contributed by atoms with Crippen molar-refractivity contribution in [2.75, 3.05) is 26.6 Å². The van der Waals surface area contributed by atoms with Gasteiger partial charge in [-0.1, -0.05) is 23.2 Å². The van der Waals surface area contributed by atoms with Gasteiger partial charge in [0.15, 0.2) is 28.9 Å². The van der Waals surface area contributed by atoms with Crippen LogP contribution in [0.2, 0.25) is 10.0 Å². The molecule has 1 heterocycles. The van der Waals surface area contributed by atoms with E-state index < -0.39 is 69.4 Å². The minimum absolute atomic E-state index is 0.164. The maximum atomic E-state index is 14.1. The molecule has 0 radical (unpaired) electrons. The first-order valence-electron chi connectivity index (χ1n) is 8.89. The van der Waals surface area contributed by atoms with Crippen molar-refractivity contribution in [3.05, 3.63) is 51.5 Å². The highest BCUT2D eigenvalue weighted by Crippen LogP contribution is 2.34. The summed E-state index contributed by atoms with van der Waals surface area (Å²) < 4.78 is 104. The van der Waals surface area contributed by atoms with Gasteiger partial charge in [-0.15, -0.1) is 0 Å². The molecule has 1 saturated heterocycles. The molecule has 1 amide bonds. The van der Waals surface area contributed by atoms with Gasteiger partial charge in [-0.2, -0.15) is 4.39 Å². The molecule has 0 unspecified atom stereocenters. The third-order valence-electron chi connectivity index (χ3n) is 4.45. The van der Waals surface area contributed by atoms with E-state index >= 15 is 0 Å². The zero-order valence-corrected chi connectivity index (χ0v) is 18.5. The van der Waals surface area contributed by atoms with Crippen LogP contribution in [-0.2, 0) is 14.8 Å². The van der Waals surface area contributed by atoms with E-state index in [1.165, 1.54) is 18.2 Å². The number of benzene rings is 2. The number of hydrogen-bond acceptors (Lipinski definition) is 5. The molecule has 15 heteroatoms. The molecule has 7 nitrogen and oxygen atoms in total. The number of sulfonamides is 1. The van der Waals surface area contributed by atoms with Crippen LogP contribution in [0.1, 0.15) is 0 Å². The number of ether oxygens (including phenoxy) is 2. The third-order valence-corrected chi connectivity index (χ3v) is 6.53. The zero-order chi connectivity index (χ0) is 24.5. The van der Waals surface area contributed by atoms with Crippen molar-refractivity contribution in [2.24, 2.45) is 0 Å². The van der Waals surface area contributed by atoms with Crippen molar-refractivity contribution in [2.45, 2.75) is 10.9 Å². The van der Waals surface area contributed by atoms with Crippen LogP contribution < -0.4 is 14.2 Å². The molecule has 1 fully saturated rings. The van der Waals surface area contributed by atoms with Gasteiger partial charge in [0.05, 0.1) is 11.1 Å².